The number of aryl methyl sites for hydroxylation is 1. The molecule has 0 aromatic carbocycles. The summed E-state index contributed by atoms with van der Waals surface area (Å²) in [5.41, 5.74) is 0.952. The molecule has 1 rings (SSSR count). The molecule has 0 amide bonds. The van der Waals surface area contributed by atoms with E-state index in [4.69, 9.17) is 0 Å². The van der Waals surface area contributed by atoms with Crippen molar-refractivity contribution in [2.45, 2.75) is 19.8 Å². The summed E-state index contributed by atoms with van der Waals surface area (Å²) < 4.78 is 0.978. The lowest BCUT2D eigenvalue weighted by Crippen LogP contribution is -1.96. The predicted molar refractivity (Wildman–Crippen MR) is 50.9 cm³/mol. The number of aromatic nitrogens is 1. The van der Waals surface area contributed by atoms with E-state index in [1.54, 1.807) is 13.1 Å². The van der Waals surface area contributed by atoms with Crippen LogP contribution in [0.1, 0.15) is 19.0 Å². The number of ketones is 1. The fourth-order valence-corrected chi connectivity index (χ4v) is 1.35. The Morgan fingerprint density at radius 2 is 2.42 bits per heavy atom. The lowest BCUT2D eigenvalue weighted by Gasteiger charge is -1.99. The Balaban J connectivity index is 2.63. The van der Waals surface area contributed by atoms with Crippen molar-refractivity contribution in [3.8, 4) is 0 Å². The Morgan fingerprint density at radius 3 is 3.00 bits per heavy atom. The Kier molecular flexibility index (Phi) is 3.41. The number of carbonyl (C=O) groups excluding carboxylic acids is 1. The number of rotatable bonds is 3. The van der Waals surface area contributed by atoms with Crippen molar-refractivity contribution < 1.29 is 4.79 Å². The highest BCUT2D eigenvalue weighted by molar-refractivity contribution is 9.10. The van der Waals surface area contributed by atoms with Crippen molar-refractivity contribution in [2.75, 3.05) is 0 Å². The first-order chi connectivity index (χ1) is 5.70. The van der Waals surface area contributed by atoms with Gasteiger partial charge in [0.15, 0.2) is 0 Å². The van der Waals surface area contributed by atoms with Crippen LogP contribution < -0.4 is 0 Å². The molecular formula is C9H10BrNO. The summed E-state index contributed by atoms with van der Waals surface area (Å²) in [5, 5.41) is 0. The predicted octanol–water partition coefficient (Wildman–Crippen LogP) is 2.37. The molecule has 2 nitrogen and oxygen atoms in total. The molecule has 12 heavy (non-hydrogen) atoms. The monoisotopic (exact) mass is 227 g/mol. The molecule has 0 aliphatic heterocycles. The van der Waals surface area contributed by atoms with Gasteiger partial charge in [-0.15, -0.1) is 0 Å². The second kappa shape index (κ2) is 4.36. The molecule has 64 valence electrons. The number of carbonyl (C=O) groups is 1. The summed E-state index contributed by atoms with van der Waals surface area (Å²) in [6, 6.07) is 3.80. The second-order valence-corrected chi connectivity index (χ2v) is 3.49. The average Bonchev–Trinajstić information content (AvgIpc) is 2.03. The summed E-state index contributed by atoms with van der Waals surface area (Å²) in [4.78, 5) is 14.8. The molecule has 0 saturated heterocycles. The van der Waals surface area contributed by atoms with E-state index in [1.165, 1.54) is 0 Å². The Bertz CT molecular complexity index is 286. The molecule has 0 spiro atoms. The number of nitrogens with zero attached hydrogens (tertiary/aromatic N) is 1. The van der Waals surface area contributed by atoms with Gasteiger partial charge in [-0.2, -0.15) is 0 Å². The van der Waals surface area contributed by atoms with Crippen LogP contribution in [0.25, 0.3) is 0 Å². The third kappa shape index (κ3) is 2.74. The SMILES string of the molecule is CC(=O)CCc1ncccc1Br. The standard InChI is InChI=1S/C9H10BrNO/c1-7(12)4-5-9-8(10)3-2-6-11-9/h2-3,6H,4-5H2,1H3. The molecule has 1 aromatic heterocycles. The van der Waals surface area contributed by atoms with Gasteiger partial charge >= 0.3 is 0 Å². The molecule has 0 atom stereocenters. The highest BCUT2D eigenvalue weighted by atomic mass is 79.9. The van der Waals surface area contributed by atoms with Crippen LogP contribution in [0.5, 0.6) is 0 Å². The summed E-state index contributed by atoms with van der Waals surface area (Å²) >= 11 is 3.37. The second-order valence-electron chi connectivity index (χ2n) is 2.63. The van der Waals surface area contributed by atoms with Crippen LogP contribution in [0, 0.1) is 0 Å². The van der Waals surface area contributed by atoms with Crippen molar-refractivity contribution in [3.63, 3.8) is 0 Å². The summed E-state index contributed by atoms with van der Waals surface area (Å²) in [7, 11) is 0. The van der Waals surface area contributed by atoms with Gasteiger partial charge in [-0.1, -0.05) is 0 Å². The quantitative estimate of drug-likeness (QED) is 0.794. The summed E-state index contributed by atoms with van der Waals surface area (Å²) in [6.07, 6.45) is 3.02. The zero-order valence-corrected chi connectivity index (χ0v) is 8.47. The topological polar surface area (TPSA) is 30.0 Å². The van der Waals surface area contributed by atoms with Gasteiger partial charge in [0.05, 0.1) is 5.69 Å². The minimum Gasteiger partial charge on any atom is -0.300 e. The van der Waals surface area contributed by atoms with Gasteiger partial charge in [0.2, 0.25) is 0 Å². The highest BCUT2D eigenvalue weighted by Gasteiger charge is 2.01. The Morgan fingerprint density at radius 1 is 1.67 bits per heavy atom. The smallest absolute Gasteiger partial charge is 0.130 e. The third-order valence-electron chi connectivity index (χ3n) is 1.55. The van der Waals surface area contributed by atoms with Crippen molar-refractivity contribution in [2.24, 2.45) is 0 Å². The van der Waals surface area contributed by atoms with Gasteiger partial charge in [-0.3, -0.25) is 4.98 Å². The maximum atomic E-state index is 10.7. The number of hydrogen-bond acceptors (Lipinski definition) is 2. The van der Waals surface area contributed by atoms with E-state index in [-0.39, 0.29) is 5.78 Å². The van der Waals surface area contributed by atoms with Gasteiger partial charge in [-0.25, -0.2) is 0 Å². The Hall–Kier alpha value is -0.700. The molecular weight excluding hydrogens is 218 g/mol. The lowest BCUT2D eigenvalue weighted by atomic mass is 10.2. The molecule has 0 bridgehead atoms. The molecule has 0 aliphatic carbocycles. The van der Waals surface area contributed by atoms with E-state index in [0.717, 1.165) is 16.6 Å². The summed E-state index contributed by atoms with van der Waals surface area (Å²) in [5.74, 6) is 0.201. The zero-order chi connectivity index (χ0) is 8.97. The molecule has 1 aromatic rings. The Labute approximate surface area is 80.1 Å². The molecule has 0 fully saturated rings. The van der Waals surface area contributed by atoms with Gasteiger partial charge in [0.1, 0.15) is 5.78 Å². The average molecular weight is 228 g/mol. The minimum atomic E-state index is 0.201. The van der Waals surface area contributed by atoms with E-state index >= 15 is 0 Å². The summed E-state index contributed by atoms with van der Waals surface area (Å²) in [6.45, 7) is 1.59. The van der Waals surface area contributed by atoms with Crippen LogP contribution >= 0.6 is 15.9 Å². The molecule has 0 saturated carbocycles. The maximum Gasteiger partial charge on any atom is 0.130 e. The molecule has 0 radical (unpaired) electrons. The molecule has 0 unspecified atom stereocenters. The van der Waals surface area contributed by atoms with E-state index in [2.05, 4.69) is 20.9 Å². The lowest BCUT2D eigenvalue weighted by molar-refractivity contribution is -0.116. The number of hydrogen-bond donors (Lipinski definition) is 0. The fraction of sp³-hybridized carbons (Fsp3) is 0.333. The van der Waals surface area contributed by atoms with Gasteiger partial charge in [-0.05, 0) is 41.4 Å². The van der Waals surface area contributed by atoms with Crippen LogP contribution in [0.3, 0.4) is 0 Å². The molecule has 0 aliphatic rings. The van der Waals surface area contributed by atoms with E-state index in [0.29, 0.717) is 6.42 Å². The first-order valence-corrected chi connectivity index (χ1v) is 4.58. The minimum absolute atomic E-state index is 0.201. The number of halogens is 1. The highest BCUT2D eigenvalue weighted by Crippen LogP contribution is 2.14. The van der Waals surface area contributed by atoms with Crippen LogP contribution in [0.2, 0.25) is 0 Å². The normalized spacial score (nSPS) is 9.83. The van der Waals surface area contributed by atoms with E-state index in [1.807, 2.05) is 12.1 Å². The van der Waals surface area contributed by atoms with Gasteiger partial charge in [0.25, 0.3) is 0 Å². The molecule has 3 heteroatoms. The number of Topliss-reactive ketones (excluding diaryl/α,β-unsaturated/α-hetero) is 1. The maximum absolute atomic E-state index is 10.7. The van der Waals surface area contributed by atoms with Crippen molar-refractivity contribution in [3.05, 3.63) is 28.5 Å². The van der Waals surface area contributed by atoms with Crippen LogP contribution in [-0.4, -0.2) is 10.8 Å². The van der Waals surface area contributed by atoms with Crippen LogP contribution in [0.4, 0.5) is 0 Å². The largest absolute Gasteiger partial charge is 0.300 e. The first kappa shape index (κ1) is 9.39. The zero-order valence-electron chi connectivity index (χ0n) is 6.88. The van der Waals surface area contributed by atoms with Crippen LogP contribution in [0.15, 0.2) is 22.8 Å². The fourth-order valence-electron chi connectivity index (χ4n) is 0.897. The third-order valence-corrected chi connectivity index (χ3v) is 2.27. The molecule has 0 N–H and O–H groups in total. The van der Waals surface area contributed by atoms with E-state index < -0.39 is 0 Å². The molecule has 1 heterocycles. The van der Waals surface area contributed by atoms with Crippen LogP contribution in [-0.2, 0) is 11.2 Å². The van der Waals surface area contributed by atoms with Crippen molar-refractivity contribution in [1.29, 1.82) is 0 Å². The van der Waals surface area contributed by atoms with Gasteiger partial charge in [0, 0.05) is 17.1 Å². The van der Waals surface area contributed by atoms with Crippen molar-refractivity contribution >= 4 is 21.7 Å². The van der Waals surface area contributed by atoms with Gasteiger partial charge < -0.3 is 4.79 Å². The number of pyridine rings is 1. The first-order valence-electron chi connectivity index (χ1n) is 3.79. The van der Waals surface area contributed by atoms with E-state index in [9.17, 15) is 4.79 Å². The van der Waals surface area contributed by atoms with Crippen molar-refractivity contribution in [1.82, 2.24) is 4.98 Å².